The van der Waals surface area contributed by atoms with Crippen molar-refractivity contribution in [1.29, 1.82) is 0 Å². The van der Waals surface area contributed by atoms with E-state index in [9.17, 15) is 4.79 Å². The van der Waals surface area contributed by atoms with Crippen LogP contribution in [0.25, 0.3) is 0 Å². The number of carbonyl (C=O) groups excluding carboxylic acids is 1. The van der Waals surface area contributed by atoms with E-state index in [1.807, 2.05) is 11.5 Å². The van der Waals surface area contributed by atoms with Gasteiger partial charge in [-0.1, -0.05) is 13.8 Å². The lowest BCUT2D eigenvalue weighted by atomic mass is 9.97. The van der Waals surface area contributed by atoms with Crippen LogP contribution in [-0.4, -0.2) is 22.6 Å². The van der Waals surface area contributed by atoms with Gasteiger partial charge in [-0.05, 0) is 31.6 Å². The number of imidazole rings is 1. The van der Waals surface area contributed by atoms with Gasteiger partial charge in [0.1, 0.15) is 11.6 Å². The molecule has 1 aromatic rings. The fraction of sp³-hybridized carbons (Fsp3) is 0.692. The number of methoxy groups -OCH3 is 1. The van der Waals surface area contributed by atoms with E-state index in [-0.39, 0.29) is 5.69 Å². The van der Waals surface area contributed by atoms with E-state index in [1.54, 1.807) is 0 Å². The number of aryl methyl sites for hydroxylation is 1. The molecular weight excluding hydrogens is 230 g/mol. The molecule has 1 heterocycles. The van der Waals surface area contributed by atoms with Crippen LogP contribution < -0.4 is 5.73 Å². The van der Waals surface area contributed by atoms with Crippen molar-refractivity contribution in [1.82, 2.24) is 9.55 Å². The van der Waals surface area contributed by atoms with Crippen molar-refractivity contribution < 1.29 is 9.53 Å². The molecule has 18 heavy (non-hydrogen) atoms. The summed E-state index contributed by atoms with van der Waals surface area (Å²) < 4.78 is 6.70. The summed E-state index contributed by atoms with van der Waals surface area (Å²) in [5.74, 6) is 1.99. The number of nitrogens with zero attached hydrogens (tertiary/aromatic N) is 2. The molecule has 1 fully saturated rings. The molecule has 0 spiro atoms. The summed E-state index contributed by atoms with van der Waals surface area (Å²) in [6.45, 7) is 6.38. The van der Waals surface area contributed by atoms with E-state index in [0.717, 1.165) is 12.2 Å². The maximum atomic E-state index is 11.6. The lowest BCUT2D eigenvalue weighted by Crippen LogP contribution is -2.18. The zero-order chi connectivity index (χ0) is 13.4. The predicted octanol–water partition coefficient (Wildman–Crippen LogP) is 2.17. The molecule has 5 nitrogen and oxygen atoms in total. The maximum Gasteiger partial charge on any atom is 0.360 e. The largest absolute Gasteiger partial charge is 0.464 e. The Morgan fingerprint density at radius 3 is 2.61 bits per heavy atom. The molecule has 3 unspecified atom stereocenters. The minimum Gasteiger partial charge on any atom is -0.464 e. The van der Waals surface area contributed by atoms with Gasteiger partial charge in [0, 0.05) is 6.04 Å². The van der Waals surface area contributed by atoms with E-state index in [1.165, 1.54) is 13.5 Å². The van der Waals surface area contributed by atoms with Gasteiger partial charge in [0.15, 0.2) is 5.69 Å². The van der Waals surface area contributed by atoms with Crippen molar-refractivity contribution >= 4 is 11.8 Å². The van der Waals surface area contributed by atoms with E-state index in [4.69, 9.17) is 10.5 Å². The van der Waals surface area contributed by atoms with E-state index in [2.05, 4.69) is 18.8 Å². The molecule has 1 aliphatic carbocycles. The topological polar surface area (TPSA) is 70.1 Å². The van der Waals surface area contributed by atoms with Crippen molar-refractivity contribution in [3.8, 4) is 0 Å². The number of hydrogen-bond acceptors (Lipinski definition) is 4. The first-order valence-electron chi connectivity index (χ1n) is 6.40. The third-order valence-corrected chi connectivity index (χ3v) is 4.26. The van der Waals surface area contributed by atoms with Crippen LogP contribution >= 0.6 is 0 Å². The Bertz CT molecular complexity index is 467. The van der Waals surface area contributed by atoms with E-state index < -0.39 is 5.97 Å². The Labute approximate surface area is 107 Å². The number of hydrogen-bond donors (Lipinski definition) is 1. The van der Waals surface area contributed by atoms with Gasteiger partial charge in [-0.3, -0.25) is 0 Å². The number of nitrogens with two attached hydrogens (primary N) is 1. The van der Waals surface area contributed by atoms with Gasteiger partial charge >= 0.3 is 5.97 Å². The average molecular weight is 251 g/mol. The first-order valence-corrected chi connectivity index (χ1v) is 6.40. The van der Waals surface area contributed by atoms with Crippen molar-refractivity contribution in [3.63, 3.8) is 0 Å². The maximum absolute atomic E-state index is 11.6. The summed E-state index contributed by atoms with van der Waals surface area (Å²) in [6.07, 6.45) is 2.28. The lowest BCUT2D eigenvalue weighted by Gasteiger charge is -2.22. The second-order valence-corrected chi connectivity index (χ2v) is 5.24. The molecule has 2 rings (SSSR count). The highest BCUT2D eigenvalue weighted by atomic mass is 16.5. The Balaban J connectivity index is 2.40. The van der Waals surface area contributed by atoms with Gasteiger partial charge in [-0.15, -0.1) is 0 Å². The van der Waals surface area contributed by atoms with Crippen molar-refractivity contribution in [3.05, 3.63) is 11.5 Å². The molecule has 5 heteroatoms. The standard InChI is InChI=1S/C13H21N3O2/c1-7-5-6-10(8(7)2)16-9(3)15-11(12(16)14)13(17)18-4/h7-8,10H,5-6,14H2,1-4H3. The summed E-state index contributed by atoms with van der Waals surface area (Å²) in [7, 11) is 1.34. The molecule has 100 valence electrons. The highest BCUT2D eigenvalue weighted by Gasteiger charge is 2.34. The zero-order valence-electron chi connectivity index (χ0n) is 11.4. The van der Waals surface area contributed by atoms with Crippen LogP contribution in [0.4, 0.5) is 5.82 Å². The third-order valence-electron chi connectivity index (χ3n) is 4.26. The fourth-order valence-electron chi connectivity index (χ4n) is 2.93. The molecule has 0 aliphatic heterocycles. The van der Waals surface area contributed by atoms with Crippen LogP contribution in [0.1, 0.15) is 49.0 Å². The second kappa shape index (κ2) is 4.63. The van der Waals surface area contributed by atoms with E-state index >= 15 is 0 Å². The zero-order valence-corrected chi connectivity index (χ0v) is 11.4. The molecule has 1 saturated carbocycles. The summed E-state index contributed by atoms with van der Waals surface area (Å²) >= 11 is 0. The summed E-state index contributed by atoms with van der Waals surface area (Å²) in [4.78, 5) is 15.8. The average Bonchev–Trinajstić information content (AvgIpc) is 2.81. The normalized spacial score (nSPS) is 27.4. The Kier molecular flexibility index (Phi) is 3.32. The Hall–Kier alpha value is -1.52. The minimum atomic E-state index is -0.465. The molecule has 2 N–H and O–H groups in total. The number of anilines is 1. The molecule has 1 aliphatic rings. The van der Waals surface area contributed by atoms with Gasteiger partial charge in [-0.25, -0.2) is 9.78 Å². The highest BCUT2D eigenvalue weighted by molar-refractivity contribution is 5.92. The van der Waals surface area contributed by atoms with Gasteiger partial charge < -0.3 is 15.0 Å². The number of rotatable bonds is 2. The molecule has 0 saturated heterocycles. The smallest absolute Gasteiger partial charge is 0.360 e. The molecule has 3 atom stereocenters. The minimum absolute atomic E-state index is 0.238. The molecular formula is C13H21N3O2. The van der Waals surface area contributed by atoms with Crippen LogP contribution in [0.2, 0.25) is 0 Å². The molecule has 0 radical (unpaired) electrons. The first kappa shape index (κ1) is 12.9. The quantitative estimate of drug-likeness (QED) is 0.818. The van der Waals surface area contributed by atoms with E-state index in [0.29, 0.717) is 23.7 Å². The first-order chi connectivity index (χ1) is 8.47. The molecule has 0 bridgehead atoms. The van der Waals surface area contributed by atoms with Crippen molar-refractivity contribution in [2.75, 3.05) is 12.8 Å². The Morgan fingerprint density at radius 1 is 1.44 bits per heavy atom. The SMILES string of the molecule is COC(=O)c1nc(C)n(C2CCC(C)C2C)c1N. The summed E-state index contributed by atoms with van der Waals surface area (Å²) in [5, 5.41) is 0. The van der Waals surface area contributed by atoms with Gasteiger partial charge in [-0.2, -0.15) is 0 Å². The summed E-state index contributed by atoms with van der Waals surface area (Å²) in [6, 6.07) is 0.339. The number of ether oxygens (including phenoxy) is 1. The number of esters is 1. The predicted molar refractivity (Wildman–Crippen MR) is 69.3 cm³/mol. The lowest BCUT2D eigenvalue weighted by molar-refractivity contribution is 0.0595. The van der Waals surface area contributed by atoms with Gasteiger partial charge in [0.2, 0.25) is 0 Å². The van der Waals surface area contributed by atoms with Crippen molar-refractivity contribution in [2.45, 2.75) is 39.7 Å². The van der Waals surface area contributed by atoms with Crippen LogP contribution in [0, 0.1) is 18.8 Å². The molecule has 0 amide bonds. The second-order valence-electron chi connectivity index (χ2n) is 5.24. The number of carbonyl (C=O) groups is 1. The fourth-order valence-corrected chi connectivity index (χ4v) is 2.93. The van der Waals surface area contributed by atoms with Crippen molar-refractivity contribution in [2.24, 2.45) is 11.8 Å². The van der Waals surface area contributed by atoms with Gasteiger partial charge in [0.25, 0.3) is 0 Å². The number of aromatic nitrogens is 2. The van der Waals surface area contributed by atoms with Crippen LogP contribution in [0.3, 0.4) is 0 Å². The number of nitrogen functional groups attached to an aromatic ring is 1. The monoisotopic (exact) mass is 251 g/mol. The van der Waals surface area contributed by atoms with Crippen LogP contribution in [-0.2, 0) is 4.74 Å². The third kappa shape index (κ3) is 1.87. The van der Waals surface area contributed by atoms with Crippen LogP contribution in [0.5, 0.6) is 0 Å². The Morgan fingerprint density at radius 2 is 2.11 bits per heavy atom. The van der Waals surface area contributed by atoms with Crippen LogP contribution in [0.15, 0.2) is 0 Å². The highest BCUT2D eigenvalue weighted by Crippen LogP contribution is 2.41. The molecule has 1 aromatic heterocycles. The molecule has 0 aromatic carbocycles. The summed E-state index contributed by atoms with van der Waals surface area (Å²) in [5.41, 5.74) is 6.31. The van der Waals surface area contributed by atoms with Gasteiger partial charge in [0.05, 0.1) is 7.11 Å².